The molecule has 0 radical (unpaired) electrons. The van der Waals surface area contributed by atoms with Crippen molar-refractivity contribution in [3.63, 3.8) is 0 Å². The molecule has 1 aromatic rings. The summed E-state index contributed by atoms with van der Waals surface area (Å²) in [6.45, 7) is 6.14. The fourth-order valence-electron chi connectivity index (χ4n) is 1.56. The van der Waals surface area contributed by atoms with E-state index in [1.54, 1.807) is 7.11 Å². The fraction of sp³-hybridized carbons (Fsp3) is 0.500. The third-order valence-corrected chi connectivity index (χ3v) is 3.16. The monoisotopic (exact) mass is 266 g/mol. The van der Waals surface area contributed by atoms with E-state index in [2.05, 4.69) is 19.2 Å². The maximum Gasteiger partial charge on any atom is 0.103 e. The van der Waals surface area contributed by atoms with Gasteiger partial charge < -0.3 is 15.8 Å². The lowest BCUT2D eigenvalue weighted by atomic mass is 9.89. The summed E-state index contributed by atoms with van der Waals surface area (Å²) in [5.74, 6) is 0. The van der Waals surface area contributed by atoms with Crippen LogP contribution in [-0.4, -0.2) is 25.2 Å². The van der Waals surface area contributed by atoms with Crippen molar-refractivity contribution < 1.29 is 4.74 Å². The van der Waals surface area contributed by atoms with Gasteiger partial charge in [0.1, 0.15) is 4.99 Å². The first-order chi connectivity index (χ1) is 8.44. The first-order valence-electron chi connectivity index (χ1n) is 6.07. The average Bonchev–Trinajstić information content (AvgIpc) is 2.35. The van der Waals surface area contributed by atoms with Gasteiger partial charge in [-0.3, -0.25) is 0 Å². The summed E-state index contributed by atoms with van der Waals surface area (Å²) in [5.41, 5.74) is 7.75. The van der Waals surface area contributed by atoms with Crippen molar-refractivity contribution in [1.82, 2.24) is 0 Å². The standard InChI is InChI=1S/C14H22N2OS/c1-14(2,8-9-17-3)10-16-12-6-4-11(5-7-12)13(15)18/h4-7,16H,8-10H2,1-3H3,(H2,15,18). The minimum Gasteiger partial charge on any atom is -0.389 e. The van der Waals surface area contributed by atoms with Crippen molar-refractivity contribution in [2.45, 2.75) is 20.3 Å². The van der Waals surface area contributed by atoms with E-state index in [1.807, 2.05) is 24.3 Å². The van der Waals surface area contributed by atoms with Crippen LogP contribution >= 0.6 is 12.2 Å². The van der Waals surface area contributed by atoms with Gasteiger partial charge in [0.2, 0.25) is 0 Å². The van der Waals surface area contributed by atoms with Gasteiger partial charge in [0, 0.05) is 31.5 Å². The lowest BCUT2D eigenvalue weighted by Crippen LogP contribution is -2.24. The maximum atomic E-state index is 5.56. The zero-order chi connectivity index (χ0) is 13.6. The van der Waals surface area contributed by atoms with Crippen LogP contribution in [0, 0.1) is 5.41 Å². The van der Waals surface area contributed by atoms with Gasteiger partial charge in [0.25, 0.3) is 0 Å². The molecule has 0 bridgehead atoms. The van der Waals surface area contributed by atoms with Gasteiger partial charge in [-0.05, 0) is 36.1 Å². The molecule has 0 unspecified atom stereocenters. The van der Waals surface area contributed by atoms with Gasteiger partial charge in [0.05, 0.1) is 0 Å². The molecular formula is C14H22N2OS. The van der Waals surface area contributed by atoms with E-state index in [-0.39, 0.29) is 5.41 Å². The Hall–Kier alpha value is -1.13. The number of anilines is 1. The van der Waals surface area contributed by atoms with Crippen molar-refractivity contribution in [2.75, 3.05) is 25.6 Å². The Morgan fingerprint density at radius 3 is 2.44 bits per heavy atom. The molecule has 3 N–H and O–H groups in total. The second-order valence-corrected chi connectivity index (χ2v) is 5.64. The molecule has 0 aliphatic rings. The zero-order valence-corrected chi connectivity index (χ0v) is 12.1. The summed E-state index contributed by atoms with van der Waals surface area (Å²) in [4.78, 5) is 0.432. The van der Waals surface area contributed by atoms with Gasteiger partial charge in [-0.25, -0.2) is 0 Å². The quantitative estimate of drug-likeness (QED) is 0.745. The Morgan fingerprint density at radius 2 is 1.94 bits per heavy atom. The van der Waals surface area contributed by atoms with Gasteiger partial charge >= 0.3 is 0 Å². The van der Waals surface area contributed by atoms with Crippen LogP contribution in [0.5, 0.6) is 0 Å². The van der Waals surface area contributed by atoms with E-state index in [4.69, 9.17) is 22.7 Å². The molecule has 18 heavy (non-hydrogen) atoms. The number of thiocarbonyl (C=S) groups is 1. The van der Waals surface area contributed by atoms with Crippen LogP contribution in [-0.2, 0) is 4.74 Å². The number of nitrogens with two attached hydrogens (primary N) is 1. The van der Waals surface area contributed by atoms with Crippen LogP contribution < -0.4 is 11.1 Å². The zero-order valence-electron chi connectivity index (χ0n) is 11.3. The van der Waals surface area contributed by atoms with Crippen LogP contribution in [0.2, 0.25) is 0 Å². The molecule has 0 aliphatic heterocycles. The van der Waals surface area contributed by atoms with Crippen LogP contribution in [0.3, 0.4) is 0 Å². The Kier molecular flexibility index (Phi) is 5.56. The summed E-state index contributed by atoms with van der Waals surface area (Å²) in [6, 6.07) is 7.88. The molecule has 0 heterocycles. The van der Waals surface area contributed by atoms with E-state index in [0.717, 1.165) is 30.8 Å². The molecule has 0 amide bonds. The number of hydrogen-bond donors (Lipinski definition) is 2. The summed E-state index contributed by atoms with van der Waals surface area (Å²) >= 11 is 4.92. The van der Waals surface area contributed by atoms with Crippen molar-refractivity contribution in [1.29, 1.82) is 0 Å². The van der Waals surface area contributed by atoms with Crippen LogP contribution in [0.15, 0.2) is 24.3 Å². The molecule has 1 aromatic carbocycles. The van der Waals surface area contributed by atoms with Gasteiger partial charge in [-0.1, -0.05) is 26.1 Å². The molecule has 0 saturated carbocycles. The molecule has 0 aliphatic carbocycles. The third-order valence-electron chi connectivity index (χ3n) is 2.92. The van der Waals surface area contributed by atoms with E-state index < -0.39 is 0 Å². The summed E-state index contributed by atoms with van der Waals surface area (Å²) in [5, 5.41) is 3.42. The summed E-state index contributed by atoms with van der Waals surface area (Å²) in [6.07, 6.45) is 1.03. The fourth-order valence-corrected chi connectivity index (χ4v) is 1.70. The summed E-state index contributed by atoms with van der Waals surface area (Å²) in [7, 11) is 1.73. The Balaban J connectivity index is 2.50. The first kappa shape index (κ1) is 14.9. The third kappa shape index (κ3) is 5.02. The number of nitrogens with one attached hydrogen (secondary N) is 1. The summed E-state index contributed by atoms with van der Waals surface area (Å²) < 4.78 is 5.12. The van der Waals surface area contributed by atoms with Crippen LogP contribution in [0.4, 0.5) is 5.69 Å². The molecular weight excluding hydrogens is 244 g/mol. The lowest BCUT2D eigenvalue weighted by molar-refractivity contribution is 0.157. The minimum absolute atomic E-state index is 0.206. The van der Waals surface area contributed by atoms with E-state index in [9.17, 15) is 0 Å². The lowest BCUT2D eigenvalue weighted by Gasteiger charge is -2.25. The predicted molar refractivity (Wildman–Crippen MR) is 81.1 cm³/mol. The van der Waals surface area contributed by atoms with E-state index in [1.165, 1.54) is 0 Å². The SMILES string of the molecule is COCCC(C)(C)CNc1ccc(C(N)=S)cc1. The van der Waals surface area contributed by atoms with Gasteiger partial charge in [0.15, 0.2) is 0 Å². The minimum atomic E-state index is 0.206. The molecule has 0 saturated heterocycles. The molecule has 4 heteroatoms. The van der Waals surface area contributed by atoms with Crippen LogP contribution in [0.25, 0.3) is 0 Å². The highest BCUT2D eigenvalue weighted by Crippen LogP contribution is 2.21. The molecule has 0 spiro atoms. The normalized spacial score (nSPS) is 11.3. The van der Waals surface area contributed by atoms with E-state index >= 15 is 0 Å². The van der Waals surface area contributed by atoms with Crippen molar-refractivity contribution in [3.05, 3.63) is 29.8 Å². The second kappa shape index (κ2) is 6.71. The molecule has 3 nitrogen and oxygen atoms in total. The number of hydrogen-bond acceptors (Lipinski definition) is 3. The second-order valence-electron chi connectivity index (χ2n) is 5.20. The number of benzene rings is 1. The smallest absolute Gasteiger partial charge is 0.103 e. The highest BCUT2D eigenvalue weighted by molar-refractivity contribution is 7.80. The van der Waals surface area contributed by atoms with Crippen molar-refractivity contribution in [2.24, 2.45) is 11.1 Å². The van der Waals surface area contributed by atoms with Crippen LogP contribution in [0.1, 0.15) is 25.8 Å². The number of methoxy groups -OCH3 is 1. The largest absolute Gasteiger partial charge is 0.389 e. The Bertz CT molecular complexity index is 387. The molecule has 0 atom stereocenters. The molecule has 100 valence electrons. The van der Waals surface area contributed by atoms with E-state index in [0.29, 0.717) is 4.99 Å². The topological polar surface area (TPSA) is 47.3 Å². The van der Waals surface area contributed by atoms with Crippen molar-refractivity contribution >= 4 is 22.9 Å². The molecule has 1 rings (SSSR count). The van der Waals surface area contributed by atoms with Crippen molar-refractivity contribution in [3.8, 4) is 0 Å². The number of ether oxygens (including phenoxy) is 1. The average molecular weight is 266 g/mol. The highest BCUT2D eigenvalue weighted by atomic mass is 32.1. The molecule has 0 aromatic heterocycles. The first-order valence-corrected chi connectivity index (χ1v) is 6.48. The Labute approximate surface area is 115 Å². The predicted octanol–water partition coefficient (Wildman–Crippen LogP) is 2.80. The Morgan fingerprint density at radius 1 is 1.33 bits per heavy atom. The van der Waals surface area contributed by atoms with Gasteiger partial charge in [-0.2, -0.15) is 0 Å². The van der Waals surface area contributed by atoms with Gasteiger partial charge in [-0.15, -0.1) is 0 Å². The number of rotatable bonds is 7. The highest BCUT2D eigenvalue weighted by Gasteiger charge is 2.16. The molecule has 0 fully saturated rings. The maximum absolute atomic E-state index is 5.56.